The predicted octanol–water partition coefficient (Wildman–Crippen LogP) is 0.828. The van der Waals surface area contributed by atoms with Crippen LogP contribution in [-0.2, 0) is 0 Å². The van der Waals surface area contributed by atoms with Crippen molar-refractivity contribution in [2.45, 2.75) is 37.5 Å². The Morgan fingerprint density at radius 3 is 2.40 bits per heavy atom. The van der Waals surface area contributed by atoms with E-state index >= 15 is 0 Å². The minimum Gasteiger partial charge on any atom is -0.396 e. The van der Waals surface area contributed by atoms with Crippen LogP contribution in [0.15, 0.2) is 0 Å². The van der Waals surface area contributed by atoms with E-state index in [4.69, 9.17) is 5.11 Å². The number of hydrogen-bond acceptors (Lipinski definition) is 3. The first-order valence-electron chi connectivity index (χ1n) is 3.56. The maximum Gasteiger partial charge on any atom is 0.0703 e. The van der Waals surface area contributed by atoms with Gasteiger partial charge in [-0.25, -0.2) is 0 Å². The van der Waals surface area contributed by atoms with Crippen molar-refractivity contribution in [3.05, 3.63) is 0 Å². The van der Waals surface area contributed by atoms with Crippen molar-refractivity contribution in [1.29, 1.82) is 0 Å². The van der Waals surface area contributed by atoms with Gasteiger partial charge in [0.15, 0.2) is 0 Å². The highest BCUT2D eigenvalue weighted by atomic mass is 32.1. The van der Waals surface area contributed by atoms with E-state index in [2.05, 4.69) is 12.6 Å². The van der Waals surface area contributed by atoms with Crippen LogP contribution in [0.4, 0.5) is 0 Å². The van der Waals surface area contributed by atoms with E-state index in [1.807, 2.05) is 13.8 Å². The Morgan fingerprint density at radius 1 is 1.60 bits per heavy atom. The number of aliphatic hydroxyl groups excluding tert-OH is 2. The minimum atomic E-state index is -0.508. The van der Waals surface area contributed by atoms with Crippen molar-refractivity contribution in [2.24, 2.45) is 0 Å². The van der Waals surface area contributed by atoms with Crippen molar-refractivity contribution < 1.29 is 10.2 Å². The fourth-order valence-corrected chi connectivity index (χ4v) is 0.798. The summed E-state index contributed by atoms with van der Waals surface area (Å²) in [4.78, 5) is 0. The second kappa shape index (κ2) is 4.21. The highest BCUT2D eigenvalue weighted by Crippen LogP contribution is 2.24. The van der Waals surface area contributed by atoms with Crippen molar-refractivity contribution in [2.75, 3.05) is 6.61 Å². The molecule has 0 bridgehead atoms. The largest absolute Gasteiger partial charge is 0.396 e. The highest BCUT2D eigenvalue weighted by molar-refractivity contribution is 7.81. The summed E-state index contributed by atoms with van der Waals surface area (Å²) in [6, 6.07) is 0. The molecule has 0 saturated heterocycles. The summed E-state index contributed by atoms with van der Waals surface area (Å²) in [5.74, 6) is 0. The molecule has 2 nitrogen and oxygen atoms in total. The molecule has 2 N–H and O–H groups in total. The molecule has 2 unspecified atom stereocenters. The van der Waals surface area contributed by atoms with Gasteiger partial charge >= 0.3 is 0 Å². The molecule has 0 fully saturated rings. The molecule has 0 saturated carbocycles. The number of aliphatic hydroxyl groups is 2. The van der Waals surface area contributed by atoms with Gasteiger partial charge in [0.25, 0.3) is 0 Å². The fourth-order valence-electron chi connectivity index (χ4n) is 0.669. The molecule has 0 amide bonds. The molecule has 2 atom stereocenters. The fraction of sp³-hybridized carbons (Fsp3) is 1.00. The molecule has 10 heavy (non-hydrogen) atoms. The second-order valence-corrected chi connectivity index (χ2v) is 3.76. The average molecular weight is 164 g/mol. The van der Waals surface area contributed by atoms with Crippen molar-refractivity contribution in [3.8, 4) is 0 Å². The van der Waals surface area contributed by atoms with E-state index < -0.39 is 6.10 Å². The van der Waals surface area contributed by atoms with E-state index in [0.29, 0.717) is 6.42 Å². The van der Waals surface area contributed by atoms with Crippen molar-refractivity contribution in [3.63, 3.8) is 0 Å². The molecule has 62 valence electrons. The monoisotopic (exact) mass is 164 g/mol. The van der Waals surface area contributed by atoms with Crippen LogP contribution >= 0.6 is 12.6 Å². The topological polar surface area (TPSA) is 40.5 Å². The molecule has 0 heterocycles. The Bertz CT molecular complexity index is 93.6. The summed E-state index contributed by atoms with van der Waals surface area (Å²) in [7, 11) is 0. The second-order valence-electron chi connectivity index (χ2n) is 2.74. The Balaban J connectivity index is 3.78. The Morgan fingerprint density at radius 2 is 2.10 bits per heavy atom. The first kappa shape index (κ1) is 10.3. The normalized spacial score (nSPS) is 20.1. The molecule has 3 heteroatoms. The van der Waals surface area contributed by atoms with E-state index in [-0.39, 0.29) is 11.4 Å². The third kappa shape index (κ3) is 2.90. The summed E-state index contributed by atoms with van der Waals surface area (Å²) >= 11 is 4.25. The quantitative estimate of drug-likeness (QED) is 0.539. The van der Waals surface area contributed by atoms with Crippen molar-refractivity contribution in [1.82, 2.24) is 0 Å². The molecule has 0 aromatic heterocycles. The molecule has 0 rings (SSSR count). The predicted molar refractivity (Wildman–Crippen MR) is 45.4 cm³/mol. The molecule has 0 aliphatic carbocycles. The van der Waals surface area contributed by atoms with E-state index in [9.17, 15) is 5.11 Å². The lowest BCUT2D eigenvalue weighted by Gasteiger charge is -2.27. The number of rotatable bonds is 4. The first-order valence-corrected chi connectivity index (χ1v) is 4.00. The van der Waals surface area contributed by atoms with Crippen LogP contribution in [0.1, 0.15) is 26.7 Å². The Labute approximate surface area is 67.7 Å². The number of thiol groups is 1. The van der Waals surface area contributed by atoms with Gasteiger partial charge in [-0.2, -0.15) is 12.6 Å². The van der Waals surface area contributed by atoms with Crippen LogP contribution in [0, 0.1) is 0 Å². The van der Waals surface area contributed by atoms with Gasteiger partial charge in [-0.05, 0) is 19.8 Å². The summed E-state index contributed by atoms with van der Waals surface area (Å²) in [5.41, 5.74) is 0. The van der Waals surface area contributed by atoms with Gasteiger partial charge in [-0.3, -0.25) is 0 Å². The van der Waals surface area contributed by atoms with Crippen LogP contribution in [0.25, 0.3) is 0 Å². The first-order chi connectivity index (χ1) is 4.54. The van der Waals surface area contributed by atoms with E-state index in [1.165, 1.54) is 0 Å². The molecule has 0 aromatic carbocycles. The van der Waals surface area contributed by atoms with Crippen LogP contribution in [0.3, 0.4) is 0 Å². The molecule has 0 aromatic rings. The SMILES string of the molecule is CCC(C)(S)C(O)CCO. The summed E-state index contributed by atoms with van der Waals surface area (Å²) in [6.45, 7) is 3.86. The molecule has 0 radical (unpaired) electrons. The van der Waals surface area contributed by atoms with Gasteiger partial charge in [-0.15, -0.1) is 0 Å². The zero-order valence-electron chi connectivity index (χ0n) is 6.54. The lowest BCUT2D eigenvalue weighted by Crippen LogP contribution is -2.33. The summed E-state index contributed by atoms with van der Waals surface area (Å²) in [5, 5.41) is 17.8. The van der Waals surface area contributed by atoms with Gasteiger partial charge in [0.1, 0.15) is 0 Å². The summed E-state index contributed by atoms with van der Waals surface area (Å²) in [6.07, 6.45) is 0.705. The molecule has 0 aliphatic heterocycles. The molecular weight excluding hydrogens is 148 g/mol. The average Bonchev–Trinajstić information content (AvgIpc) is 1.89. The lowest BCUT2D eigenvalue weighted by molar-refractivity contribution is 0.100. The highest BCUT2D eigenvalue weighted by Gasteiger charge is 2.25. The maximum atomic E-state index is 9.34. The lowest BCUT2D eigenvalue weighted by atomic mass is 9.98. The maximum absolute atomic E-state index is 9.34. The minimum absolute atomic E-state index is 0.0251. The zero-order chi connectivity index (χ0) is 8.20. The standard InChI is InChI=1S/C7H16O2S/c1-3-7(2,10)6(9)4-5-8/h6,8-10H,3-5H2,1-2H3. The van der Waals surface area contributed by atoms with Gasteiger partial charge < -0.3 is 10.2 Å². The van der Waals surface area contributed by atoms with Crippen molar-refractivity contribution >= 4 is 12.6 Å². The Kier molecular flexibility index (Phi) is 4.32. The van der Waals surface area contributed by atoms with Crippen LogP contribution in [0.2, 0.25) is 0 Å². The van der Waals surface area contributed by atoms with Crippen LogP contribution < -0.4 is 0 Å². The smallest absolute Gasteiger partial charge is 0.0703 e. The zero-order valence-corrected chi connectivity index (χ0v) is 7.43. The third-order valence-electron chi connectivity index (χ3n) is 1.84. The van der Waals surface area contributed by atoms with Crippen LogP contribution in [-0.4, -0.2) is 27.7 Å². The van der Waals surface area contributed by atoms with Gasteiger partial charge in [0.2, 0.25) is 0 Å². The van der Waals surface area contributed by atoms with E-state index in [1.54, 1.807) is 0 Å². The Hall–Kier alpha value is 0.270. The molecular formula is C7H16O2S. The van der Waals surface area contributed by atoms with Crippen LogP contribution in [0.5, 0.6) is 0 Å². The van der Waals surface area contributed by atoms with Gasteiger partial charge in [0, 0.05) is 11.4 Å². The summed E-state index contributed by atoms with van der Waals surface area (Å²) < 4.78 is -0.358. The van der Waals surface area contributed by atoms with Gasteiger partial charge in [0.05, 0.1) is 6.10 Å². The third-order valence-corrected chi connectivity index (χ3v) is 2.45. The number of hydrogen-bond donors (Lipinski definition) is 3. The molecule has 0 aliphatic rings. The van der Waals surface area contributed by atoms with Gasteiger partial charge in [-0.1, -0.05) is 6.92 Å². The molecule has 0 spiro atoms. The van der Waals surface area contributed by atoms with E-state index in [0.717, 1.165) is 6.42 Å².